The van der Waals surface area contributed by atoms with Crippen LogP contribution in [0.2, 0.25) is 0 Å². The van der Waals surface area contributed by atoms with Crippen LogP contribution < -0.4 is 11.1 Å². The predicted molar refractivity (Wildman–Crippen MR) is 114 cm³/mol. The average Bonchev–Trinajstić information content (AvgIpc) is 3.44. The Morgan fingerprint density at radius 2 is 1.81 bits per heavy atom. The van der Waals surface area contributed by atoms with Crippen LogP contribution in [0.3, 0.4) is 0 Å². The van der Waals surface area contributed by atoms with Crippen LogP contribution in [0.25, 0.3) is 22.6 Å². The Hall–Kier alpha value is -4.08. The molecule has 0 radical (unpaired) electrons. The molecule has 0 bridgehead atoms. The van der Waals surface area contributed by atoms with Crippen LogP contribution in [-0.4, -0.2) is 42.8 Å². The Morgan fingerprint density at radius 3 is 2.48 bits per heavy atom. The van der Waals surface area contributed by atoms with E-state index in [1.54, 1.807) is 31.8 Å². The van der Waals surface area contributed by atoms with Crippen LogP contribution in [-0.2, 0) is 16.8 Å². The minimum atomic E-state index is -0.490. The third kappa shape index (κ3) is 4.13. The summed E-state index contributed by atoms with van der Waals surface area (Å²) in [7, 11) is 1.58. The number of anilines is 1. The fraction of sp³-hybridized carbons (Fsp3) is 0.238. The third-order valence-electron chi connectivity index (χ3n) is 5.06. The van der Waals surface area contributed by atoms with Crippen LogP contribution in [0.15, 0.2) is 53.6 Å². The molecule has 31 heavy (non-hydrogen) atoms. The molecule has 0 spiro atoms. The lowest BCUT2D eigenvalue weighted by Gasteiger charge is -2.21. The maximum absolute atomic E-state index is 11.5. The minimum Gasteiger partial charge on any atom is -0.368 e. The number of carbonyl (C=O) groups excluding carboxylic acids is 1. The molecule has 0 fully saturated rings. The highest BCUT2D eigenvalue weighted by Crippen LogP contribution is 2.32. The van der Waals surface area contributed by atoms with E-state index in [0.717, 1.165) is 16.7 Å². The lowest BCUT2D eigenvalue weighted by Crippen LogP contribution is -2.23. The zero-order valence-corrected chi connectivity index (χ0v) is 17.4. The molecule has 1 aromatic carbocycles. The van der Waals surface area contributed by atoms with Crippen LogP contribution in [0.5, 0.6) is 0 Å². The van der Waals surface area contributed by atoms with Gasteiger partial charge in [0.2, 0.25) is 11.9 Å². The molecule has 0 aliphatic heterocycles. The SMILES string of the molecule is CNC(=O)Cn1cc(-c2nc(C(C)(C)c3ccc(-c4cnc(N)nc4)cc3)no2)cn1. The molecule has 4 aromatic rings. The largest absolute Gasteiger partial charge is 0.368 e. The number of likely N-dealkylation sites (N-methyl/N-ethyl adjacent to an activating group) is 1. The standard InChI is InChI=1S/C21H22N8O2/c1-21(2,16-6-4-13(5-7-16)14-8-24-20(22)25-9-14)19-27-18(31-28-19)15-10-26-29(11-15)12-17(30)23-3/h4-11H,12H2,1-3H3,(H,23,30)(H2,22,24,25). The smallest absolute Gasteiger partial charge is 0.261 e. The summed E-state index contributed by atoms with van der Waals surface area (Å²) in [5, 5.41) is 10.9. The van der Waals surface area contributed by atoms with Gasteiger partial charge >= 0.3 is 0 Å². The van der Waals surface area contributed by atoms with Crippen molar-refractivity contribution in [3.63, 3.8) is 0 Å². The van der Waals surface area contributed by atoms with E-state index in [1.165, 1.54) is 4.68 Å². The highest BCUT2D eigenvalue weighted by molar-refractivity contribution is 5.75. The average molecular weight is 418 g/mol. The number of hydrogen-bond donors (Lipinski definition) is 2. The molecule has 3 heterocycles. The maximum Gasteiger partial charge on any atom is 0.261 e. The van der Waals surface area contributed by atoms with Gasteiger partial charge in [-0.05, 0) is 25.0 Å². The second-order valence-electron chi connectivity index (χ2n) is 7.56. The summed E-state index contributed by atoms with van der Waals surface area (Å²) in [5.41, 5.74) is 8.61. The molecule has 10 nitrogen and oxygen atoms in total. The van der Waals surface area contributed by atoms with Gasteiger partial charge in [0.1, 0.15) is 6.54 Å². The van der Waals surface area contributed by atoms with Gasteiger partial charge in [-0.2, -0.15) is 10.1 Å². The van der Waals surface area contributed by atoms with Crippen LogP contribution in [0.1, 0.15) is 25.2 Å². The number of benzene rings is 1. The van der Waals surface area contributed by atoms with Crippen LogP contribution in [0, 0.1) is 0 Å². The molecule has 3 N–H and O–H groups in total. The third-order valence-corrected chi connectivity index (χ3v) is 5.06. The summed E-state index contributed by atoms with van der Waals surface area (Å²) in [6, 6.07) is 8.03. The first kappa shape index (κ1) is 20.2. The number of carbonyl (C=O) groups is 1. The van der Waals surface area contributed by atoms with Gasteiger partial charge < -0.3 is 15.6 Å². The summed E-state index contributed by atoms with van der Waals surface area (Å²) in [6.07, 6.45) is 6.68. The Bertz CT molecular complexity index is 1190. The Balaban J connectivity index is 1.55. The normalized spacial score (nSPS) is 11.5. The first-order valence-electron chi connectivity index (χ1n) is 9.63. The predicted octanol–water partition coefficient (Wildman–Crippen LogP) is 2.04. The van der Waals surface area contributed by atoms with E-state index in [2.05, 4.69) is 30.5 Å². The first-order valence-corrected chi connectivity index (χ1v) is 9.63. The summed E-state index contributed by atoms with van der Waals surface area (Å²) < 4.78 is 6.98. The number of amides is 1. The van der Waals surface area contributed by atoms with Crippen molar-refractivity contribution >= 4 is 11.9 Å². The molecule has 0 saturated carbocycles. The number of rotatable bonds is 6. The van der Waals surface area contributed by atoms with Crippen molar-refractivity contribution in [3.05, 3.63) is 60.4 Å². The lowest BCUT2D eigenvalue weighted by molar-refractivity contribution is -0.121. The van der Waals surface area contributed by atoms with Gasteiger partial charge in [-0.15, -0.1) is 0 Å². The molecule has 4 rings (SSSR count). The van der Waals surface area contributed by atoms with Crippen molar-refractivity contribution < 1.29 is 9.32 Å². The van der Waals surface area contributed by atoms with E-state index >= 15 is 0 Å². The number of hydrogen-bond acceptors (Lipinski definition) is 8. The second-order valence-corrected chi connectivity index (χ2v) is 7.56. The summed E-state index contributed by atoms with van der Waals surface area (Å²) in [5.74, 6) is 0.997. The first-order chi connectivity index (χ1) is 14.9. The fourth-order valence-corrected chi connectivity index (χ4v) is 3.08. The van der Waals surface area contributed by atoms with Crippen molar-refractivity contribution in [1.29, 1.82) is 0 Å². The quantitative estimate of drug-likeness (QED) is 0.485. The van der Waals surface area contributed by atoms with E-state index in [1.807, 2.05) is 38.1 Å². The van der Waals surface area contributed by atoms with E-state index in [9.17, 15) is 4.79 Å². The molecule has 0 aliphatic carbocycles. The number of nitrogens with two attached hydrogens (primary N) is 1. The molecule has 0 aliphatic rings. The Morgan fingerprint density at radius 1 is 1.10 bits per heavy atom. The monoisotopic (exact) mass is 418 g/mol. The van der Waals surface area contributed by atoms with E-state index in [4.69, 9.17) is 10.3 Å². The molecule has 0 unspecified atom stereocenters. The van der Waals surface area contributed by atoms with Crippen molar-refractivity contribution in [2.75, 3.05) is 12.8 Å². The molecule has 0 saturated heterocycles. The lowest BCUT2D eigenvalue weighted by atomic mass is 9.83. The maximum atomic E-state index is 11.5. The van der Waals surface area contributed by atoms with Gasteiger partial charge in [0.05, 0.1) is 17.2 Å². The number of nitrogen functional groups attached to an aromatic ring is 1. The summed E-state index contributed by atoms with van der Waals surface area (Å²) in [4.78, 5) is 24.1. The van der Waals surface area contributed by atoms with Gasteiger partial charge in [-0.3, -0.25) is 9.48 Å². The Labute approximate surface area is 178 Å². The zero-order valence-electron chi connectivity index (χ0n) is 17.4. The molecule has 10 heteroatoms. The summed E-state index contributed by atoms with van der Waals surface area (Å²) in [6.45, 7) is 4.17. The van der Waals surface area contributed by atoms with Gasteiger partial charge in [-0.1, -0.05) is 29.4 Å². The number of nitrogens with one attached hydrogen (secondary N) is 1. The molecular weight excluding hydrogens is 396 g/mol. The highest BCUT2D eigenvalue weighted by atomic mass is 16.5. The molecule has 158 valence electrons. The molecule has 3 aromatic heterocycles. The van der Waals surface area contributed by atoms with Crippen molar-refractivity contribution in [1.82, 2.24) is 35.2 Å². The molecule has 0 atom stereocenters. The van der Waals surface area contributed by atoms with Crippen molar-refractivity contribution in [3.8, 4) is 22.6 Å². The number of nitrogens with zero attached hydrogens (tertiary/aromatic N) is 6. The minimum absolute atomic E-state index is 0.119. The van der Waals surface area contributed by atoms with E-state index in [0.29, 0.717) is 17.3 Å². The summed E-state index contributed by atoms with van der Waals surface area (Å²) >= 11 is 0. The fourth-order valence-electron chi connectivity index (χ4n) is 3.08. The van der Waals surface area contributed by atoms with Gasteiger partial charge in [0.25, 0.3) is 5.89 Å². The van der Waals surface area contributed by atoms with Crippen molar-refractivity contribution in [2.45, 2.75) is 25.8 Å². The molecular formula is C21H22N8O2. The van der Waals surface area contributed by atoms with Crippen molar-refractivity contribution in [2.24, 2.45) is 0 Å². The highest BCUT2D eigenvalue weighted by Gasteiger charge is 2.29. The van der Waals surface area contributed by atoms with Gasteiger partial charge in [0, 0.05) is 31.2 Å². The number of aromatic nitrogens is 6. The Kier molecular flexibility index (Phi) is 5.20. The second kappa shape index (κ2) is 7.98. The van der Waals surface area contributed by atoms with Gasteiger partial charge in [0.15, 0.2) is 5.82 Å². The van der Waals surface area contributed by atoms with Crippen LogP contribution in [0.4, 0.5) is 5.95 Å². The topological polar surface area (TPSA) is 138 Å². The van der Waals surface area contributed by atoms with Gasteiger partial charge in [-0.25, -0.2) is 9.97 Å². The zero-order chi connectivity index (χ0) is 22.0. The molecule has 1 amide bonds. The van der Waals surface area contributed by atoms with Crippen LogP contribution >= 0.6 is 0 Å². The van der Waals surface area contributed by atoms with E-state index in [-0.39, 0.29) is 18.4 Å². The van der Waals surface area contributed by atoms with E-state index < -0.39 is 5.41 Å².